The molecule has 0 radical (unpaired) electrons. The number of pyridine rings is 1. The number of amides is 1. The molecule has 0 aliphatic heterocycles. The van der Waals surface area contributed by atoms with Crippen molar-refractivity contribution in [1.29, 1.82) is 0 Å². The number of nitrogens with zero attached hydrogens (tertiary/aromatic N) is 2. The van der Waals surface area contributed by atoms with Crippen LogP contribution in [0.4, 0.5) is 0 Å². The van der Waals surface area contributed by atoms with Crippen molar-refractivity contribution in [3.63, 3.8) is 0 Å². The molecule has 0 aliphatic rings. The first-order valence-corrected chi connectivity index (χ1v) is 13.9. The van der Waals surface area contributed by atoms with Gasteiger partial charge in [0.25, 0.3) is 5.56 Å². The van der Waals surface area contributed by atoms with Gasteiger partial charge in [-0.15, -0.1) is 0 Å². The summed E-state index contributed by atoms with van der Waals surface area (Å²) in [6, 6.07) is 13.9. The Labute approximate surface area is 237 Å². The van der Waals surface area contributed by atoms with Gasteiger partial charge in [0.05, 0.1) is 12.5 Å². The van der Waals surface area contributed by atoms with E-state index >= 15 is 0 Å². The Morgan fingerprint density at radius 2 is 1.62 bits per heavy atom. The quantitative estimate of drug-likeness (QED) is 0.315. The van der Waals surface area contributed by atoms with Crippen LogP contribution in [-0.2, 0) is 16.0 Å². The Hall–Kier alpha value is -3.71. The van der Waals surface area contributed by atoms with Crippen LogP contribution in [0, 0.1) is 26.7 Å². The van der Waals surface area contributed by atoms with Crippen LogP contribution >= 0.6 is 0 Å². The number of aryl methyl sites for hydroxylation is 3. The van der Waals surface area contributed by atoms with Gasteiger partial charge in [0, 0.05) is 18.8 Å². The van der Waals surface area contributed by atoms with Crippen LogP contribution in [-0.4, -0.2) is 47.1 Å². The van der Waals surface area contributed by atoms with E-state index in [1.807, 2.05) is 97.4 Å². The van der Waals surface area contributed by atoms with Crippen LogP contribution < -0.4 is 10.9 Å². The fourth-order valence-corrected chi connectivity index (χ4v) is 5.20. The van der Waals surface area contributed by atoms with Crippen LogP contribution in [0.1, 0.15) is 66.6 Å². The maximum Gasteiger partial charge on any atom is 0.305 e. The highest BCUT2D eigenvalue weighted by molar-refractivity contribution is 5.82. The molecule has 2 atom stereocenters. The molecule has 2 N–H and O–H groups in total. The molecule has 2 aromatic carbocycles. The Morgan fingerprint density at radius 1 is 0.975 bits per heavy atom. The van der Waals surface area contributed by atoms with Gasteiger partial charge in [-0.2, -0.15) is 0 Å². The fourth-order valence-electron chi connectivity index (χ4n) is 5.20. The van der Waals surface area contributed by atoms with Crippen LogP contribution in [0.2, 0.25) is 0 Å². The SMILES string of the molecule is Cc1cc(=O)n(C(CC(C)C)C(=O)N[C@@H](CC(=O)O)c2cccc(-c3c(C)cccc3C)c2)cc1CCN(C)C. The number of nitrogens with one attached hydrogen (secondary N) is 1. The monoisotopic (exact) mass is 545 g/mol. The Bertz CT molecular complexity index is 1390. The van der Waals surface area contributed by atoms with E-state index in [1.54, 1.807) is 6.07 Å². The number of aromatic nitrogens is 1. The van der Waals surface area contributed by atoms with Crippen molar-refractivity contribution >= 4 is 11.9 Å². The van der Waals surface area contributed by atoms with Gasteiger partial charge in [0.15, 0.2) is 0 Å². The molecule has 3 aromatic rings. The van der Waals surface area contributed by atoms with Gasteiger partial charge in [-0.3, -0.25) is 14.4 Å². The molecule has 0 saturated heterocycles. The predicted octanol–water partition coefficient (Wildman–Crippen LogP) is 5.46. The molecule has 214 valence electrons. The number of carboxylic acid groups (broad SMARTS) is 1. The van der Waals surface area contributed by atoms with E-state index in [-0.39, 0.29) is 23.8 Å². The van der Waals surface area contributed by atoms with Crippen LogP contribution in [0.15, 0.2) is 59.5 Å². The van der Waals surface area contributed by atoms with E-state index in [0.29, 0.717) is 12.0 Å². The van der Waals surface area contributed by atoms with Gasteiger partial charge in [0.2, 0.25) is 5.91 Å². The zero-order chi connectivity index (χ0) is 29.6. The van der Waals surface area contributed by atoms with Gasteiger partial charge in [0.1, 0.15) is 6.04 Å². The molecule has 40 heavy (non-hydrogen) atoms. The maximum atomic E-state index is 13.9. The number of rotatable bonds is 12. The number of carbonyl (C=O) groups is 2. The third-order valence-electron chi connectivity index (χ3n) is 7.31. The lowest BCUT2D eigenvalue weighted by atomic mass is 9.92. The second-order valence-corrected chi connectivity index (χ2v) is 11.5. The lowest BCUT2D eigenvalue weighted by Gasteiger charge is -2.26. The van der Waals surface area contributed by atoms with Gasteiger partial charge in [-0.1, -0.05) is 50.2 Å². The second kappa shape index (κ2) is 13.6. The topological polar surface area (TPSA) is 91.6 Å². The molecule has 1 unspecified atom stereocenters. The average molecular weight is 546 g/mol. The number of aliphatic carboxylic acids is 1. The summed E-state index contributed by atoms with van der Waals surface area (Å²) >= 11 is 0. The summed E-state index contributed by atoms with van der Waals surface area (Å²) in [7, 11) is 4.00. The minimum Gasteiger partial charge on any atom is -0.481 e. The molecule has 7 nitrogen and oxygen atoms in total. The smallest absolute Gasteiger partial charge is 0.305 e. The van der Waals surface area contributed by atoms with Gasteiger partial charge < -0.3 is 19.9 Å². The molecule has 0 saturated carbocycles. The van der Waals surface area contributed by atoms with Crippen molar-refractivity contribution in [3.05, 3.63) is 92.9 Å². The second-order valence-electron chi connectivity index (χ2n) is 11.5. The summed E-state index contributed by atoms with van der Waals surface area (Å²) < 4.78 is 1.53. The van der Waals surface area contributed by atoms with E-state index in [2.05, 4.69) is 10.2 Å². The molecule has 3 rings (SSSR count). The molecular weight excluding hydrogens is 502 g/mol. The highest BCUT2D eigenvalue weighted by Crippen LogP contribution is 2.30. The first-order chi connectivity index (χ1) is 18.9. The largest absolute Gasteiger partial charge is 0.481 e. The normalized spacial score (nSPS) is 12.9. The highest BCUT2D eigenvalue weighted by atomic mass is 16.4. The summed E-state index contributed by atoms with van der Waals surface area (Å²) in [5.74, 6) is -1.23. The lowest BCUT2D eigenvalue weighted by molar-refractivity contribution is -0.138. The number of carboxylic acids is 1. The lowest BCUT2D eigenvalue weighted by Crippen LogP contribution is -2.40. The minimum atomic E-state index is -1.01. The molecule has 0 fully saturated rings. The maximum absolute atomic E-state index is 13.9. The van der Waals surface area contributed by atoms with Crippen LogP contribution in [0.3, 0.4) is 0 Å². The van der Waals surface area contributed by atoms with E-state index in [9.17, 15) is 19.5 Å². The third kappa shape index (κ3) is 7.92. The number of hydrogen-bond donors (Lipinski definition) is 2. The van der Waals surface area contributed by atoms with Gasteiger partial charge in [-0.05, 0) is 98.6 Å². The van der Waals surface area contributed by atoms with Crippen LogP contribution in [0.5, 0.6) is 0 Å². The first-order valence-electron chi connectivity index (χ1n) is 13.9. The van der Waals surface area contributed by atoms with E-state index in [4.69, 9.17) is 0 Å². The fraction of sp³-hybridized carbons (Fsp3) is 0.424. The number of likely N-dealkylation sites (N-methyl/N-ethyl adjacent to an activating group) is 1. The predicted molar refractivity (Wildman–Crippen MR) is 161 cm³/mol. The molecule has 1 amide bonds. The number of carbonyl (C=O) groups excluding carboxylic acids is 1. The van der Waals surface area contributed by atoms with E-state index < -0.39 is 18.1 Å². The first kappa shape index (κ1) is 30.8. The average Bonchev–Trinajstić information content (AvgIpc) is 2.86. The molecule has 0 spiro atoms. The molecular formula is C33H43N3O4. The van der Waals surface area contributed by atoms with Crippen molar-refractivity contribution < 1.29 is 14.7 Å². The van der Waals surface area contributed by atoms with E-state index in [1.165, 1.54) is 4.57 Å². The van der Waals surface area contributed by atoms with Crippen molar-refractivity contribution in [2.75, 3.05) is 20.6 Å². The van der Waals surface area contributed by atoms with E-state index in [0.717, 1.165) is 46.3 Å². The minimum absolute atomic E-state index is 0.138. The summed E-state index contributed by atoms with van der Waals surface area (Å²) in [6.45, 7) is 10.9. The molecule has 0 aliphatic carbocycles. The number of benzene rings is 2. The highest BCUT2D eigenvalue weighted by Gasteiger charge is 2.27. The van der Waals surface area contributed by atoms with Crippen molar-refractivity contribution in [3.8, 4) is 11.1 Å². The summed E-state index contributed by atoms with van der Waals surface area (Å²) in [5.41, 5.74) is 6.70. The number of hydrogen-bond acceptors (Lipinski definition) is 4. The van der Waals surface area contributed by atoms with Crippen molar-refractivity contribution in [2.45, 2.75) is 66.0 Å². The Balaban J connectivity index is 2.00. The van der Waals surface area contributed by atoms with Gasteiger partial charge in [-0.25, -0.2) is 0 Å². The summed E-state index contributed by atoms with van der Waals surface area (Å²) in [6.07, 6.45) is 2.74. The summed E-state index contributed by atoms with van der Waals surface area (Å²) in [5, 5.41) is 12.7. The summed E-state index contributed by atoms with van der Waals surface area (Å²) in [4.78, 5) is 41.0. The zero-order valence-electron chi connectivity index (χ0n) is 24.8. The molecule has 1 heterocycles. The molecule has 0 bridgehead atoms. The standard InChI is InChI=1S/C33H43N3O4/c1-21(2)16-29(36-20-27(14-15-35(6)7)24(5)17-30(36)37)33(40)34-28(19-31(38)39)25-12-9-13-26(18-25)32-22(3)10-8-11-23(32)4/h8-13,17-18,20-21,28-29H,14-16,19H2,1-7H3,(H,34,40)(H,38,39)/t28-,29?/m0/s1. The third-order valence-corrected chi connectivity index (χ3v) is 7.31. The van der Waals surface area contributed by atoms with Gasteiger partial charge >= 0.3 is 5.97 Å². The molecule has 7 heteroatoms. The Kier molecular flexibility index (Phi) is 10.5. The Morgan fingerprint density at radius 3 is 2.23 bits per heavy atom. The zero-order valence-corrected chi connectivity index (χ0v) is 24.8. The van der Waals surface area contributed by atoms with Crippen molar-refractivity contribution in [1.82, 2.24) is 14.8 Å². The van der Waals surface area contributed by atoms with Crippen LogP contribution in [0.25, 0.3) is 11.1 Å². The van der Waals surface area contributed by atoms with Crippen molar-refractivity contribution in [2.24, 2.45) is 5.92 Å². The molecule has 1 aromatic heterocycles.